The molecule has 0 radical (unpaired) electrons. The first kappa shape index (κ1) is 35.2. The zero-order valence-electron chi connectivity index (χ0n) is 28.6. The molecule has 276 valence electrons. The Hall–Kier alpha value is -4.82. The molecule has 3 aliphatic rings. The van der Waals surface area contributed by atoms with Crippen LogP contribution in [0, 0.1) is 0 Å². The molecule has 1 saturated carbocycles. The maximum absolute atomic E-state index is 13.9. The Labute approximate surface area is 303 Å². The molecule has 1 aliphatic carbocycles. The van der Waals surface area contributed by atoms with Gasteiger partial charge in [0.25, 0.3) is 0 Å². The van der Waals surface area contributed by atoms with E-state index < -0.39 is 25.7 Å². The van der Waals surface area contributed by atoms with Gasteiger partial charge in [0.2, 0.25) is 11.9 Å². The molecule has 1 N–H and O–H groups in total. The molecular weight excluding hydrogens is 710 g/mol. The first-order valence-electron chi connectivity index (χ1n) is 17.5. The smallest absolute Gasteiger partial charge is 0.352 e. The molecule has 1 amide bonds. The van der Waals surface area contributed by atoms with Gasteiger partial charge in [-0.1, -0.05) is 66.7 Å². The molecule has 0 unspecified atom stereocenters. The molecule has 16 heteroatoms. The summed E-state index contributed by atoms with van der Waals surface area (Å²) >= 11 is 0. The van der Waals surface area contributed by atoms with Crippen LogP contribution in [0.1, 0.15) is 42.4 Å². The summed E-state index contributed by atoms with van der Waals surface area (Å²) in [6, 6.07) is 23.5. The number of carbonyl (C=O) groups is 1. The van der Waals surface area contributed by atoms with E-state index in [9.17, 15) is 22.5 Å². The molecule has 0 atom stereocenters. The van der Waals surface area contributed by atoms with E-state index in [1.165, 1.54) is 10.7 Å². The molecule has 5 aromatic rings. The summed E-state index contributed by atoms with van der Waals surface area (Å²) in [7, 11) is -3.98. The Morgan fingerprint density at radius 2 is 1.57 bits per heavy atom. The molecule has 12 nitrogen and oxygen atoms in total. The summed E-state index contributed by atoms with van der Waals surface area (Å²) in [6.07, 6.45) is -1.15. The Bertz CT molecular complexity index is 2080. The first-order chi connectivity index (χ1) is 25.6. The van der Waals surface area contributed by atoms with Gasteiger partial charge in [-0.3, -0.25) is 18.4 Å². The van der Waals surface area contributed by atoms with Crippen molar-refractivity contribution in [2.45, 2.75) is 63.3 Å². The monoisotopic (exact) mass is 747 g/mol. The lowest BCUT2D eigenvalue weighted by Gasteiger charge is -2.44. The zero-order valence-corrected chi connectivity index (χ0v) is 29.5. The van der Waals surface area contributed by atoms with E-state index in [2.05, 4.69) is 10.4 Å². The normalized spacial score (nSPS) is 19.4. The van der Waals surface area contributed by atoms with Crippen LogP contribution in [0.4, 0.5) is 24.9 Å². The highest BCUT2D eigenvalue weighted by Crippen LogP contribution is 2.54. The van der Waals surface area contributed by atoms with Gasteiger partial charge in [0.15, 0.2) is 5.65 Å². The van der Waals surface area contributed by atoms with Gasteiger partial charge in [0.05, 0.1) is 48.2 Å². The van der Waals surface area contributed by atoms with Gasteiger partial charge < -0.3 is 15.1 Å². The third kappa shape index (κ3) is 7.79. The highest BCUT2D eigenvalue weighted by Gasteiger charge is 2.41. The summed E-state index contributed by atoms with van der Waals surface area (Å²) in [5.74, 6) is 0.970. The molecule has 2 aliphatic heterocycles. The Balaban J connectivity index is 1.00. The predicted octanol–water partition coefficient (Wildman–Crippen LogP) is 7.15. The first-order valence-corrected chi connectivity index (χ1v) is 19.0. The van der Waals surface area contributed by atoms with Crippen molar-refractivity contribution in [1.82, 2.24) is 24.6 Å². The summed E-state index contributed by atoms with van der Waals surface area (Å²) in [5, 5.41) is 8.34. The zero-order chi connectivity index (χ0) is 36.6. The molecule has 2 aromatic heterocycles. The van der Waals surface area contributed by atoms with Crippen LogP contribution in [-0.4, -0.2) is 68.4 Å². The van der Waals surface area contributed by atoms with Crippen LogP contribution in [-0.2, 0) is 42.3 Å². The average molecular weight is 748 g/mol. The minimum atomic E-state index is -4.53. The van der Waals surface area contributed by atoms with E-state index in [0.29, 0.717) is 49.2 Å². The van der Waals surface area contributed by atoms with Gasteiger partial charge in [-0.2, -0.15) is 28.2 Å². The van der Waals surface area contributed by atoms with Gasteiger partial charge >= 0.3 is 14.0 Å². The molecule has 8 rings (SSSR count). The molecule has 0 bridgehead atoms. The van der Waals surface area contributed by atoms with Gasteiger partial charge in [0, 0.05) is 32.1 Å². The molecule has 3 aromatic carbocycles. The Kier molecular flexibility index (Phi) is 9.66. The number of likely N-dealkylation sites (tertiary alicyclic amines) is 1. The maximum atomic E-state index is 13.9. The number of phosphoric acid groups is 1. The molecule has 53 heavy (non-hydrogen) atoms. The van der Waals surface area contributed by atoms with Gasteiger partial charge in [-0.15, -0.1) is 0 Å². The second kappa shape index (κ2) is 14.5. The summed E-state index contributed by atoms with van der Waals surface area (Å²) in [6.45, 7) is 1.93. The van der Waals surface area contributed by atoms with Crippen LogP contribution >= 0.6 is 7.82 Å². The lowest BCUT2D eigenvalue weighted by Crippen LogP contribution is -2.60. The van der Waals surface area contributed by atoms with E-state index in [1.807, 2.05) is 70.5 Å². The van der Waals surface area contributed by atoms with Crippen molar-refractivity contribution in [2.24, 2.45) is 0 Å². The standard InChI is InChI=1S/C37H37F3N7O5P/c38-37(39,40)27-13-7-14-29(17-27)47-35-32(20-41-47)34(45-21-30(22-45)46-16-8-15-33(46)48)43-36(44-35)42-28-18-31(19-28)52-53(49,50-23-25-9-3-1-4-10-25)51-24-26-11-5-2-6-12-26/h1-7,9-14,17,20,28,30-31H,8,15-16,18-19,21-24H2,(H,42,43,44)/t28-,31+. The number of halogens is 3. The fourth-order valence-corrected chi connectivity index (χ4v) is 8.12. The van der Waals surface area contributed by atoms with Crippen molar-refractivity contribution >= 4 is 36.5 Å². The lowest BCUT2D eigenvalue weighted by atomic mass is 9.90. The fourth-order valence-electron chi connectivity index (χ4n) is 6.77. The number of aromatic nitrogens is 4. The number of anilines is 2. The molecule has 3 fully saturated rings. The predicted molar refractivity (Wildman–Crippen MR) is 190 cm³/mol. The number of alkyl halides is 3. The maximum Gasteiger partial charge on any atom is 0.475 e. The van der Waals surface area contributed by atoms with Crippen LogP contribution < -0.4 is 10.2 Å². The quantitative estimate of drug-likeness (QED) is 0.124. The van der Waals surface area contributed by atoms with Crippen molar-refractivity contribution in [1.29, 1.82) is 0 Å². The van der Waals surface area contributed by atoms with Crippen molar-refractivity contribution in [2.75, 3.05) is 29.9 Å². The lowest BCUT2D eigenvalue weighted by molar-refractivity contribution is -0.137. The van der Waals surface area contributed by atoms with Crippen LogP contribution in [0.25, 0.3) is 16.7 Å². The van der Waals surface area contributed by atoms with E-state index in [1.54, 1.807) is 12.3 Å². The highest BCUT2D eigenvalue weighted by atomic mass is 31.2. The number of hydrogen-bond donors (Lipinski definition) is 1. The minimum Gasteiger partial charge on any atom is -0.352 e. The van der Waals surface area contributed by atoms with Gasteiger partial charge in [0.1, 0.15) is 5.82 Å². The second-order valence-corrected chi connectivity index (χ2v) is 15.1. The molecule has 2 saturated heterocycles. The van der Waals surface area contributed by atoms with Crippen LogP contribution in [0.15, 0.2) is 91.1 Å². The van der Waals surface area contributed by atoms with Crippen molar-refractivity contribution < 1.29 is 36.1 Å². The molecular formula is C37H37F3N7O5P. The third-order valence-electron chi connectivity index (χ3n) is 9.71. The number of hydrogen-bond acceptors (Lipinski definition) is 10. The van der Waals surface area contributed by atoms with Gasteiger partial charge in [-0.05, 0) is 48.6 Å². The second-order valence-electron chi connectivity index (χ2n) is 13.5. The van der Waals surface area contributed by atoms with E-state index in [4.69, 9.17) is 23.5 Å². The van der Waals surface area contributed by atoms with E-state index in [-0.39, 0.29) is 42.8 Å². The largest absolute Gasteiger partial charge is 0.475 e. The van der Waals surface area contributed by atoms with Crippen LogP contribution in [0.5, 0.6) is 0 Å². The molecule has 0 spiro atoms. The minimum absolute atomic E-state index is 0.0424. The number of benzene rings is 3. The van der Waals surface area contributed by atoms with Crippen molar-refractivity contribution in [3.63, 3.8) is 0 Å². The van der Waals surface area contributed by atoms with E-state index in [0.717, 1.165) is 36.2 Å². The van der Waals surface area contributed by atoms with Crippen molar-refractivity contribution in [3.8, 4) is 5.69 Å². The number of phosphoric ester groups is 1. The van der Waals surface area contributed by atoms with E-state index >= 15 is 0 Å². The number of amides is 1. The highest BCUT2D eigenvalue weighted by molar-refractivity contribution is 7.48. The van der Waals surface area contributed by atoms with Gasteiger partial charge in [-0.25, -0.2) is 9.25 Å². The number of carbonyl (C=O) groups excluding carboxylic acids is 1. The van der Waals surface area contributed by atoms with Crippen LogP contribution in [0.2, 0.25) is 0 Å². The average Bonchev–Trinajstić information content (AvgIpc) is 3.75. The third-order valence-corrected chi connectivity index (χ3v) is 11.2. The fraction of sp³-hybridized carbons (Fsp3) is 0.351. The Morgan fingerprint density at radius 1 is 0.887 bits per heavy atom. The van der Waals surface area contributed by atoms with Crippen LogP contribution in [0.3, 0.4) is 0 Å². The Morgan fingerprint density at radius 3 is 2.19 bits per heavy atom. The van der Waals surface area contributed by atoms with Crippen molar-refractivity contribution in [3.05, 3.63) is 108 Å². The number of nitrogens with zero attached hydrogens (tertiary/aromatic N) is 6. The number of rotatable bonds is 13. The summed E-state index contributed by atoms with van der Waals surface area (Å²) in [4.78, 5) is 25.9. The summed E-state index contributed by atoms with van der Waals surface area (Å²) < 4.78 is 73.7. The summed E-state index contributed by atoms with van der Waals surface area (Å²) in [5.41, 5.74) is 1.37. The molecule has 4 heterocycles. The number of fused-ring (bicyclic) bond motifs is 1. The SMILES string of the molecule is O=C1CCCN1C1CN(c2nc(N[C@H]3C[C@@H](OP(=O)(OCc4ccccc4)OCc4ccccc4)C3)nc3c2cnn3-c2cccc(C(F)(F)F)c2)C1. The number of nitrogens with one attached hydrogen (secondary N) is 1. The topological polar surface area (TPSA) is 124 Å².